The van der Waals surface area contributed by atoms with Gasteiger partial charge in [-0.15, -0.1) is 0 Å². The SMILES string of the molecule is CC(C(=O)NCc1ccccc1)=S(=O)=O. The fourth-order valence-corrected chi connectivity index (χ4v) is 1.20. The fraction of sp³-hybridized carbons (Fsp3) is 0.200. The lowest BCUT2D eigenvalue weighted by Crippen LogP contribution is -2.29. The largest absolute Gasteiger partial charge is 0.347 e. The number of rotatable bonds is 3. The number of hydrogen-bond acceptors (Lipinski definition) is 3. The van der Waals surface area contributed by atoms with E-state index in [0.29, 0.717) is 6.54 Å². The summed E-state index contributed by atoms with van der Waals surface area (Å²) < 4.78 is 20.9. The molecule has 0 aliphatic rings. The van der Waals surface area contributed by atoms with Crippen molar-refractivity contribution in [1.29, 1.82) is 0 Å². The molecule has 4 nitrogen and oxygen atoms in total. The molecule has 1 aromatic rings. The topological polar surface area (TPSA) is 63.2 Å². The minimum absolute atomic E-state index is 0.203. The van der Waals surface area contributed by atoms with Crippen molar-refractivity contribution in [2.75, 3.05) is 0 Å². The van der Waals surface area contributed by atoms with Crippen molar-refractivity contribution in [3.8, 4) is 0 Å². The number of hydrogen-bond donors (Lipinski definition) is 1. The summed E-state index contributed by atoms with van der Waals surface area (Å²) in [4.78, 5) is 11.0. The van der Waals surface area contributed by atoms with Crippen LogP contribution in [0.3, 0.4) is 0 Å². The molecular formula is C10H11NO3S. The second kappa shape index (κ2) is 5.31. The number of carbonyl (C=O) groups is 1. The van der Waals surface area contributed by atoms with Gasteiger partial charge in [-0.3, -0.25) is 4.79 Å². The summed E-state index contributed by atoms with van der Waals surface area (Å²) in [6.07, 6.45) is 0. The van der Waals surface area contributed by atoms with Gasteiger partial charge in [0.05, 0.1) is 0 Å². The molecule has 0 aliphatic heterocycles. The number of nitrogens with one attached hydrogen (secondary N) is 1. The molecule has 80 valence electrons. The van der Waals surface area contributed by atoms with E-state index in [0.717, 1.165) is 5.56 Å². The minimum atomic E-state index is -2.44. The van der Waals surface area contributed by atoms with E-state index in [1.807, 2.05) is 30.3 Å². The molecule has 1 rings (SSSR count). The zero-order valence-electron chi connectivity index (χ0n) is 8.23. The molecule has 1 aromatic carbocycles. The quantitative estimate of drug-likeness (QED) is 0.756. The Labute approximate surface area is 89.5 Å². The highest BCUT2D eigenvalue weighted by Crippen LogP contribution is 1.96. The molecule has 1 N–H and O–H groups in total. The van der Waals surface area contributed by atoms with E-state index in [4.69, 9.17) is 0 Å². The lowest BCUT2D eigenvalue weighted by Gasteiger charge is -2.02. The second-order valence-electron chi connectivity index (χ2n) is 2.96. The first-order chi connectivity index (χ1) is 7.11. The van der Waals surface area contributed by atoms with Crippen LogP contribution in [0.5, 0.6) is 0 Å². The van der Waals surface area contributed by atoms with E-state index in [1.54, 1.807) is 0 Å². The average molecular weight is 225 g/mol. The van der Waals surface area contributed by atoms with Gasteiger partial charge in [0.25, 0.3) is 5.91 Å². The van der Waals surface area contributed by atoms with Crippen molar-refractivity contribution in [3.05, 3.63) is 35.9 Å². The highest BCUT2D eigenvalue weighted by Gasteiger charge is 2.06. The molecule has 5 heteroatoms. The van der Waals surface area contributed by atoms with Crippen LogP contribution in [0, 0.1) is 0 Å². The molecule has 0 aliphatic carbocycles. The van der Waals surface area contributed by atoms with E-state index >= 15 is 0 Å². The zero-order chi connectivity index (χ0) is 11.3. The summed E-state index contributed by atoms with van der Waals surface area (Å²) in [7, 11) is -2.44. The molecule has 0 spiro atoms. The van der Waals surface area contributed by atoms with Gasteiger partial charge >= 0.3 is 0 Å². The Morgan fingerprint density at radius 1 is 1.27 bits per heavy atom. The van der Waals surface area contributed by atoms with E-state index in [2.05, 4.69) is 5.32 Å². The molecule has 1 amide bonds. The molecular weight excluding hydrogens is 214 g/mol. The van der Waals surface area contributed by atoms with Crippen molar-refractivity contribution < 1.29 is 13.2 Å². The van der Waals surface area contributed by atoms with Crippen molar-refractivity contribution in [1.82, 2.24) is 5.32 Å². The van der Waals surface area contributed by atoms with Crippen LogP contribution in [-0.2, 0) is 21.6 Å². The highest BCUT2D eigenvalue weighted by molar-refractivity contribution is 7.74. The summed E-state index contributed by atoms with van der Waals surface area (Å²) >= 11 is 0. The maximum atomic E-state index is 11.2. The average Bonchev–Trinajstić information content (AvgIpc) is 2.26. The maximum absolute atomic E-state index is 11.2. The Morgan fingerprint density at radius 2 is 1.87 bits per heavy atom. The highest BCUT2D eigenvalue weighted by atomic mass is 32.2. The Bertz CT molecular complexity index is 469. The van der Waals surface area contributed by atoms with Crippen LogP contribution >= 0.6 is 0 Å². The van der Waals surface area contributed by atoms with Gasteiger partial charge in [-0.1, -0.05) is 30.3 Å². The standard InChI is InChI=1S/C10H11NO3S/c1-8(15(13)14)10(12)11-7-9-5-3-2-4-6-9/h2-6H,7H2,1H3,(H,11,12). The third kappa shape index (κ3) is 3.55. The van der Waals surface area contributed by atoms with Gasteiger partial charge in [0.15, 0.2) is 0 Å². The normalized spacial score (nSPS) is 9.40. The summed E-state index contributed by atoms with van der Waals surface area (Å²) in [5.74, 6) is -0.563. The predicted molar refractivity (Wildman–Crippen MR) is 57.9 cm³/mol. The lowest BCUT2D eigenvalue weighted by atomic mass is 10.2. The molecule has 0 unspecified atom stereocenters. The maximum Gasteiger partial charge on any atom is 0.262 e. The Hall–Kier alpha value is -1.62. The predicted octanol–water partition coefficient (Wildman–Crippen LogP) is 0.374. The van der Waals surface area contributed by atoms with Crippen LogP contribution in [0.15, 0.2) is 30.3 Å². The Balaban J connectivity index is 2.60. The summed E-state index contributed by atoms with van der Waals surface area (Å²) in [5, 5.41) is 2.51. The minimum Gasteiger partial charge on any atom is -0.347 e. The van der Waals surface area contributed by atoms with Gasteiger partial charge < -0.3 is 5.32 Å². The molecule has 15 heavy (non-hydrogen) atoms. The first-order valence-electron chi connectivity index (χ1n) is 4.36. The Morgan fingerprint density at radius 3 is 2.40 bits per heavy atom. The van der Waals surface area contributed by atoms with Crippen molar-refractivity contribution >= 4 is 21.1 Å². The molecule has 0 heterocycles. The second-order valence-corrected chi connectivity index (χ2v) is 4.04. The first kappa shape index (κ1) is 11.5. The molecule has 0 fully saturated rings. The van der Waals surface area contributed by atoms with Gasteiger partial charge in [0.2, 0.25) is 10.3 Å². The zero-order valence-corrected chi connectivity index (χ0v) is 9.04. The molecule has 0 saturated heterocycles. The number of carbonyl (C=O) groups excluding carboxylic acids is 1. The fourth-order valence-electron chi connectivity index (χ4n) is 0.978. The van der Waals surface area contributed by atoms with Crippen molar-refractivity contribution in [3.63, 3.8) is 0 Å². The van der Waals surface area contributed by atoms with Crippen LogP contribution in [0.1, 0.15) is 12.5 Å². The summed E-state index contributed by atoms with van der Waals surface area (Å²) in [6.45, 7) is 1.59. The van der Waals surface area contributed by atoms with E-state index in [9.17, 15) is 13.2 Å². The van der Waals surface area contributed by atoms with E-state index in [1.165, 1.54) is 6.92 Å². The smallest absolute Gasteiger partial charge is 0.262 e. The van der Waals surface area contributed by atoms with Gasteiger partial charge in [-0.25, -0.2) is 0 Å². The molecule has 0 aromatic heterocycles. The van der Waals surface area contributed by atoms with Crippen LogP contribution in [0.25, 0.3) is 0 Å². The van der Waals surface area contributed by atoms with Crippen LogP contribution in [0.4, 0.5) is 0 Å². The van der Waals surface area contributed by atoms with E-state index in [-0.39, 0.29) is 4.86 Å². The Kier molecular flexibility index (Phi) is 4.05. The lowest BCUT2D eigenvalue weighted by molar-refractivity contribution is -0.114. The van der Waals surface area contributed by atoms with E-state index < -0.39 is 16.2 Å². The van der Waals surface area contributed by atoms with Crippen LogP contribution in [-0.4, -0.2) is 19.2 Å². The summed E-state index contributed by atoms with van der Waals surface area (Å²) in [6, 6.07) is 9.27. The first-order valence-corrected chi connectivity index (χ1v) is 5.43. The third-order valence-corrected chi connectivity index (χ3v) is 2.55. The van der Waals surface area contributed by atoms with Crippen LogP contribution in [0.2, 0.25) is 0 Å². The third-order valence-electron chi connectivity index (χ3n) is 1.87. The van der Waals surface area contributed by atoms with Gasteiger partial charge in [0, 0.05) is 6.54 Å². The number of benzene rings is 1. The number of amides is 1. The van der Waals surface area contributed by atoms with Crippen molar-refractivity contribution in [2.24, 2.45) is 0 Å². The van der Waals surface area contributed by atoms with Gasteiger partial charge in [0.1, 0.15) is 4.86 Å². The van der Waals surface area contributed by atoms with Gasteiger partial charge in [-0.2, -0.15) is 8.42 Å². The van der Waals surface area contributed by atoms with Gasteiger partial charge in [-0.05, 0) is 12.5 Å². The molecule has 0 bridgehead atoms. The molecule has 0 saturated carbocycles. The monoisotopic (exact) mass is 225 g/mol. The molecule has 0 radical (unpaired) electrons. The van der Waals surface area contributed by atoms with Crippen LogP contribution < -0.4 is 5.32 Å². The summed E-state index contributed by atoms with van der Waals surface area (Å²) in [5.41, 5.74) is 0.926. The van der Waals surface area contributed by atoms with Crippen molar-refractivity contribution in [2.45, 2.75) is 13.5 Å². The molecule has 0 atom stereocenters.